The van der Waals surface area contributed by atoms with Crippen molar-refractivity contribution in [1.82, 2.24) is 24.3 Å². The molecule has 0 aliphatic carbocycles. The van der Waals surface area contributed by atoms with Crippen LogP contribution in [0, 0.1) is 6.92 Å². The molecule has 0 aliphatic rings. The van der Waals surface area contributed by atoms with Crippen molar-refractivity contribution in [3.05, 3.63) is 82.9 Å². The number of methoxy groups -OCH3 is 1. The van der Waals surface area contributed by atoms with Gasteiger partial charge >= 0.3 is 5.69 Å². The molecule has 0 saturated carbocycles. The molecule has 0 spiro atoms. The van der Waals surface area contributed by atoms with E-state index in [0.29, 0.717) is 28.5 Å². The molecule has 3 aromatic heterocycles. The summed E-state index contributed by atoms with van der Waals surface area (Å²) in [6, 6.07) is 18.0. The summed E-state index contributed by atoms with van der Waals surface area (Å²) < 4.78 is 13.0. The first-order chi connectivity index (χ1) is 16.5. The summed E-state index contributed by atoms with van der Waals surface area (Å²) in [5.74, 6) is 0.934. The summed E-state index contributed by atoms with van der Waals surface area (Å²) >= 11 is 0. The van der Waals surface area contributed by atoms with Crippen molar-refractivity contribution in [2.75, 3.05) is 12.4 Å². The molecule has 0 atom stereocenters. The summed E-state index contributed by atoms with van der Waals surface area (Å²) in [6.07, 6.45) is 1.57. The molecule has 170 valence electrons. The van der Waals surface area contributed by atoms with Crippen LogP contribution in [-0.4, -0.2) is 37.3 Å². The third-order valence-corrected chi connectivity index (χ3v) is 5.24. The van der Waals surface area contributed by atoms with Gasteiger partial charge in [-0.15, -0.1) is 5.10 Å². The van der Waals surface area contributed by atoms with Crippen LogP contribution in [0.3, 0.4) is 0 Å². The quantitative estimate of drug-likeness (QED) is 0.417. The van der Waals surface area contributed by atoms with E-state index in [4.69, 9.17) is 9.26 Å². The molecule has 0 radical (unpaired) electrons. The number of hydrogen-bond donors (Lipinski definition) is 1. The van der Waals surface area contributed by atoms with Crippen molar-refractivity contribution in [2.24, 2.45) is 0 Å². The number of ether oxygens (including phenoxy) is 1. The zero-order valence-corrected chi connectivity index (χ0v) is 18.4. The van der Waals surface area contributed by atoms with Gasteiger partial charge in [0.15, 0.2) is 5.65 Å². The lowest BCUT2D eigenvalue weighted by molar-refractivity contribution is -0.117. The first-order valence-corrected chi connectivity index (χ1v) is 10.4. The van der Waals surface area contributed by atoms with Crippen molar-refractivity contribution in [1.29, 1.82) is 0 Å². The minimum Gasteiger partial charge on any atom is -0.497 e. The van der Waals surface area contributed by atoms with E-state index in [-0.39, 0.29) is 12.4 Å². The summed E-state index contributed by atoms with van der Waals surface area (Å²) in [5.41, 5.74) is 2.85. The summed E-state index contributed by atoms with van der Waals surface area (Å²) in [4.78, 5) is 29.8. The average molecular weight is 456 g/mol. The van der Waals surface area contributed by atoms with Crippen LogP contribution in [0.15, 0.2) is 76.2 Å². The van der Waals surface area contributed by atoms with Crippen LogP contribution in [-0.2, 0) is 11.3 Å². The first-order valence-electron chi connectivity index (χ1n) is 10.4. The standard InChI is InChI=1S/C24H20N6O4/c1-15-5-7-16(8-6-15)21-26-23(34-28-21)19-4-3-13-29-22(19)27-30(24(29)32)14-20(31)25-17-9-11-18(33-2)12-10-17/h3-13H,14H2,1-2H3,(H,25,31). The number of pyridine rings is 1. The number of fused-ring (bicyclic) bond motifs is 1. The van der Waals surface area contributed by atoms with E-state index in [2.05, 4.69) is 20.6 Å². The molecule has 10 nitrogen and oxygen atoms in total. The second-order valence-corrected chi connectivity index (χ2v) is 7.62. The van der Waals surface area contributed by atoms with Crippen molar-refractivity contribution >= 4 is 17.2 Å². The van der Waals surface area contributed by atoms with Gasteiger partial charge in [0.2, 0.25) is 11.7 Å². The Hall–Kier alpha value is -4.73. The van der Waals surface area contributed by atoms with Gasteiger partial charge in [0, 0.05) is 17.4 Å². The molecule has 0 unspecified atom stereocenters. The van der Waals surface area contributed by atoms with Crippen LogP contribution in [0.1, 0.15) is 5.56 Å². The predicted molar refractivity (Wildman–Crippen MR) is 125 cm³/mol. The molecule has 0 saturated heterocycles. The van der Waals surface area contributed by atoms with E-state index in [1.54, 1.807) is 49.7 Å². The highest BCUT2D eigenvalue weighted by Gasteiger charge is 2.18. The third-order valence-electron chi connectivity index (χ3n) is 5.24. The molecule has 34 heavy (non-hydrogen) atoms. The van der Waals surface area contributed by atoms with E-state index in [1.807, 2.05) is 31.2 Å². The molecule has 5 aromatic rings. The van der Waals surface area contributed by atoms with Crippen molar-refractivity contribution in [3.8, 4) is 28.6 Å². The maximum absolute atomic E-state index is 12.8. The zero-order chi connectivity index (χ0) is 23.7. The second-order valence-electron chi connectivity index (χ2n) is 7.62. The van der Waals surface area contributed by atoms with Gasteiger partial charge in [0.1, 0.15) is 12.3 Å². The van der Waals surface area contributed by atoms with Crippen molar-refractivity contribution < 1.29 is 14.1 Å². The topological polar surface area (TPSA) is 117 Å². The number of hydrogen-bond acceptors (Lipinski definition) is 7. The smallest absolute Gasteiger partial charge is 0.350 e. The van der Waals surface area contributed by atoms with Gasteiger partial charge in [-0.25, -0.2) is 13.9 Å². The van der Waals surface area contributed by atoms with Gasteiger partial charge in [-0.2, -0.15) is 4.98 Å². The minimum atomic E-state index is -0.458. The Kier molecular flexibility index (Phi) is 5.38. The molecule has 0 fully saturated rings. The molecule has 5 rings (SSSR count). The lowest BCUT2D eigenvalue weighted by Gasteiger charge is -2.05. The van der Waals surface area contributed by atoms with E-state index in [9.17, 15) is 9.59 Å². The Bertz CT molecular complexity index is 1530. The number of benzene rings is 2. The molecule has 2 aromatic carbocycles. The fourth-order valence-electron chi connectivity index (χ4n) is 3.47. The van der Waals surface area contributed by atoms with Crippen LogP contribution >= 0.6 is 0 Å². The van der Waals surface area contributed by atoms with E-state index in [1.165, 1.54) is 4.40 Å². The summed E-state index contributed by atoms with van der Waals surface area (Å²) in [5, 5.41) is 11.1. The van der Waals surface area contributed by atoms with Crippen LogP contribution in [0.4, 0.5) is 5.69 Å². The third kappa shape index (κ3) is 4.04. The summed E-state index contributed by atoms with van der Waals surface area (Å²) in [7, 11) is 1.56. The summed E-state index contributed by atoms with van der Waals surface area (Å²) in [6.45, 7) is 1.74. The Balaban J connectivity index is 1.42. The van der Waals surface area contributed by atoms with Gasteiger partial charge < -0.3 is 14.6 Å². The van der Waals surface area contributed by atoms with Gasteiger partial charge in [-0.3, -0.25) is 4.79 Å². The molecule has 1 N–H and O–H groups in total. The molecule has 0 aliphatic heterocycles. The van der Waals surface area contributed by atoms with Gasteiger partial charge in [0.05, 0.1) is 12.7 Å². The van der Waals surface area contributed by atoms with Gasteiger partial charge in [-0.1, -0.05) is 35.0 Å². The van der Waals surface area contributed by atoms with Gasteiger partial charge in [0.25, 0.3) is 5.89 Å². The van der Waals surface area contributed by atoms with Crippen LogP contribution < -0.4 is 15.7 Å². The highest BCUT2D eigenvalue weighted by molar-refractivity contribution is 5.90. The largest absolute Gasteiger partial charge is 0.497 e. The number of nitrogens with one attached hydrogen (secondary N) is 1. The second kappa shape index (κ2) is 8.66. The Morgan fingerprint density at radius 2 is 1.85 bits per heavy atom. The highest BCUT2D eigenvalue weighted by atomic mass is 16.5. The Morgan fingerprint density at radius 3 is 2.59 bits per heavy atom. The zero-order valence-electron chi connectivity index (χ0n) is 18.4. The maximum atomic E-state index is 12.8. The van der Waals surface area contributed by atoms with Crippen LogP contribution in [0.25, 0.3) is 28.5 Å². The molecule has 0 bridgehead atoms. The van der Waals surface area contributed by atoms with Gasteiger partial charge in [-0.05, 0) is 43.3 Å². The normalized spacial score (nSPS) is 11.0. The monoisotopic (exact) mass is 456 g/mol. The molecular formula is C24H20N6O4. The first kappa shape index (κ1) is 21.1. The van der Waals surface area contributed by atoms with Crippen LogP contribution in [0.2, 0.25) is 0 Å². The average Bonchev–Trinajstić information content (AvgIpc) is 3.45. The van der Waals surface area contributed by atoms with Crippen LogP contribution in [0.5, 0.6) is 5.75 Å². The highest BCUT2D eigenvalue weighted by Crippen LogP contribution is 2.24. The number of rotatable bonds is 6. The fourth-order valence-corrected chi connectivity index (χ4v) is 3.47. The van der Waals surface area contributed by atoms with Crippen molar-refractivity contribution in [3.63, 3.8) is 0 Å². The van der Waals surface area contributed by atoms with E-state index in [0.717, 1.165) is 15.8 Å². The van der Waals surface area contributed by atoms with Crippen molar-refractivity contribution in [2.45, 2.75) is 13.5 Å². The molecule has 3 heterocycles. The number of amides is 1. The lowest BCUT2D eigenvalue weighted by Crippen LogP contribution is -2.28. The Morgan fingerprint density at radius 1 is 1.09 bits per heavy atom. The van der Waals surface area contributed by atoms with E-state index >= 15 is 0 Å². The lowest BCUT2D eigenvalue weighted by atomic mass is 10.1. The molecule has 10 heteroatoms. The number of aryl methyl sites for hydroxylation is 1. The number of carbonyl (C=O) groups excluding carboxylic acids is 1. The number of nitrogens with zero attached hydrogens (tertiary/aromatic N) is 5. The minimum absolute atomic E-state index is 0.223. The predicted octanol–water partition coefficient (Wildman–Crippen LogP) is 3.17. The molecule has 1 amide bonds. The Labute approximate surface area is 193 Å². The fraction of sp³-hybridized carbons (Fsp3) is 0.125. The van der Waals surface area contributed by atoms with E-state index < -0.39 is 11.6 Å². The number of carbonyl (C=O) groups is 1. The maximum Gasteiger partial charge on any atom is 0.350 e. The number of anilines is 1. The number of aromatic nitrogens is 5. The SMILES string of the molecule is COc1ccc(NC(=O)Cn2nc3c(-c4nc(-c5ccc(C)cc5)no4)cccn3c2=O)cc1. The molecular weight excluding hydrogens is 436 g/mol.